The van der Waals surface area contributed by atoms with Gasteiger partial charge in [0.1, 0.15) is 0 Å². The summed E-state index contributed by atoms with van der Waals surface area (Å²) in [4.78, 5) is 12.6. The third-order valence-electron chi connectivity index (χ3n) is 4.66. The maximum absolute atomic E-state index is 12.6. The van der Waals surface area contributed by atoms with Gasteiger partial charge in [-0.15, -0.1) is 0 Å². The van der Waals surface area contributed by atoms with Gasteiger partial charge in [-0.25, -0.2) is 4.68 Å². The fourth-order valence-electron chi connectivity index (χ4n) is 3.23. The molecule has 3 aromatic rings. The van der Waals surface area contributed by atoms with E-state index in [4.69, 9.17) is 0 Å². The van der Waals surface area contributed by atoms with E-state index < -0.39 is 0 Å². The van der Waals surface area contributed by atoms with Crippen molar-refractivity contribution in [3.8, 4) is 5.69 Å². The largest absolute Gasteiger partial charge is 0.348 e. The van der Waals surface area contributed by atoms with Crippen LogP contribution in [0, 0.1) is 0 Å². The summed E-state index contributed by atoms with van der Waals surface area (Å²) in [5.74, 6) is 0.137. The van der Waals surface area contributed by atoms with E-state index >= 15 is 0 Å². The molecule has 0 radical (unpaired) electrons. The lowest BCUT2D eigenvalue weighted by Crippen LogP contribution is -2.25. The van der Waals surface area contributed by atoms with Crippen molar-refractivity contribution in [2.24, 2.45) is 0 Å². The smallest absolute Gasteiger partial charge is 0.248 e. The average molecular weight is 329 g/mol. The van der Waals surface area contributed by atoms with Crippen LogP contribution in [-0.2, 0) is 11.3 Å². The molecule has 0 fully saturated rings. The Kier molecular flexibility index (Phi) is 3.94. The molecule has 1 unspecified atom stereocenters. The van der Waals surface area contributed by atoms with E-state index in [0.717, 1.165) is 22.4 Å². The molecule has 0 bridgehead atoms. The number of aromatic nitrogens is 2. The summed E-state index contributed by atoms with van der Waals surface area (Å²) < 4.78 is 1.81. The maximum atomic E-state index is 12.6. The van der Waals surface area contributed by atoms with Crippen LogP contribution < -0.4 is 5.32 Å². The number of benzene rings is 2. The zero-order valence-corrected chi connectivity index (χ0v) is 14.0. The SMILES string of the molecule is CC1C(C(=O)NCc2ccc(-n3cccn3)cc2)=Cc2ccccc21. The van der Waals surface area contributed by atoms with Crippen LogP contribution in [-0.4, -0.2) is 15.7 Å². The van der Waals surface area contributed by atoms with E-state index in [0.29, 0.717) is 6.54 Å². The number of nitrogens with one attached hydrogen (secondary N) is 1. The molecule has 25 heavy (non-hydrogen) atoms. The van der Waals surface area contributed by atoms with Gasteiger partial charge in [0, 0.05) is 30.4 Å². The highest BCUT2D eigenvalue weighted by Gasteiger charge is 2.25. The Morgan fingerprint density at radius 2 is 1.92 bits per heavy atom. The Balaban J connectivity index is 1.41. The van der Waals surface area contributed by atoms with Crippen molar-refractivity contribution in [1.29, 1.82) is 0 Å². The molecule has 4 nitrogen and oxygen atoms in total. The van der Waals surface area contributed by atoms with E-state index in [1.54, 1.807) is 6.20 Å². The third kappa shape index (κ3) is 2.98. The quantitative estimate of drug-likeness (QED) is 0.793. The highest BCUT2D eigenvalue weighted by Crippen LogP contribution is 2.35. The highest BCUT2D eigenvalue weighted by atomic mass is 16.1. The zero-order chi connectivity index (χ0) is 17.2. The van der Waals surface area contributed by atoms with Gasteiger partial charge in [-0.3, -0.25) is 4.79 Å². The number of carbonyl (C=O) groups excluding carboxylic acids is 1. The lowest BCUT2D eigenvalue weighted by molar-refractivity contribution is -0.117. The minimum atomic E-state index is -0.000136. The van der Waals surface area contributed by atoms with Gasteiger partial charge in [-0.05, 0) is 41.0 Å². The molecule has 0 aliphatic heterocycles. The fraction of sp³-hybridized carbons (Fsp3) is 0.143. The number of amides is 1. The normalized spacial score (nSPS) is 15.6. The number of nitrogens with zero attached hydrogens (tertiary/aromatic N) is 2. The van der Waals surface area contributed by atoms with Gasteiger partial charge >= 0.3 is 0 Å². The second kappa shape index (κ2) is 6.40. The molecule has 1 aromatic heterocycles. The lowest BCUT2D eigenvalue weighted by Gasteiger charge is -2.12. The fourth-order valence-corrected chi connectivity index (χ4v) is 3.23. The lowest BCUT2D eigenvalue weighted by atomic mass is 9.97. The van der Waals surface area contributed by atoms with Crippen LogP contribution in [0.2, 0.25) is 0 Å². The molecule has 2 aromatic carbocycles. The molecule has 4 rings (SSSR count). The first-order valence-corrected chi connectivity index (χ1v) is 8.40. The molecule has 1 heterocycles. The Labute approximate surface area is 146 Å². The molecule has 0 saturated carbocycles. The van der Waals surface area contributed by atoms with Crippen LogP contribution in [0.5, 0.6) is 0 Å². The Morgan fingerprint density at radius 3 is 2.64 bits per heavy atom. The first kappa shape index (κ1) is 15.4. The van der Waals surface area contributed by atoms with Crippen molar-refractivity contribution in [3.05, 3.63) is 89.3 Å². The summed E-state index contributed by atoms with van der Waals surface area (Å²) in [6, 6.07) is 18.1. The number of rotatable bonds is 4. The summed E-state index contributed by atoms with van der Waals surface area (Å²) in [5, 5.41) is 7.24. The number of carbonyl (C=O) groups is 1. The van der Waals surface area contributed by atoms with Gasteiger partial charge in [0.05, 0.1) is 5.69 Å². The van der Waals surface area contributed by atoms with Crippen LogP contribution in [0.25, 0.3) is 11.8 Å². The van der Waals surface area contributed by atoms with Crippen molar-refractivity contribution in [2.75, 3.05) is 0 Å². The molecule has 124 valence electrons. The summed E-state index contributed by atoms with van der Waals surface area (Å²) in [7, 11) is 0. The summed E-state index contributed by atoms with van der Waals surface area (Å²) >= 11 is 0. The van der Waals surface area contributed by atoms with Crippen molar-refractivity contribution < 1.29 is 4.79 Å². The van der Waals surface area contributed by atoms with Gasteiger partial charge in [-0.1, -0.05) is 43.3 Å². The van der Waals surface area contributed by atoms with Crippen molar-refractivity contribution >= 4 is 12.0 Å². The Hall–Kier alpha value is -3.14. The van der Waals surface area contributed by atoms with Crippen LogP contribution in [0.4, 0.5) is 0 Å². The second-order valence-corrected chi connectivity index (χ2v) is 6.25. The highest BCUT2D eigenvalue weighted by molar-refractivity contribution is 6.01. The maximum Gasteiger partial charge on any atom is 0.248 e. The predicted molar refractivity (Wildman–Crippen MR) is 98.2 cm³/mol. The van der Waals surface area contributed by atoms with Gasteiger partial charge in [0.15, 0.2) is 0 Å². The predicted octanol–water partition coefficient (Wildman–Crippen LogP) is 3.69. The van der Waals surface area contributed by atoms with E-state index in [-0.39, 0.29) is 11.8 Å². The minimum Gasteiger partial charge on any atom is -0.348 e. The first-order valence-electron chi connectivity index (χ1n) is 8.40. The van der Waals surface area contributed by atoms with E-state index in [1.807, 2.05) is 59.4 Å². The van der Waals surface area contributed by atoms with E-state index in [2.05, 4.69) is 29.5 Å². The van der Waals surface area contributed by atoms with Crippen LogP contribution in [0.3, 0.4) is 0 Å². The minimum absolute atomic E-state index is 0.000136. The molecule has 1 atom stereocenters. The number of hydrogen-bond acceptors (Lipinski definition) is 2. The monoisotopic (exact) mass is 329 g/mol. The molecule has 1 aliphatic carbocycles. The Bertz CT molecular complexity index is 924. The molecule has 0 saturated heterocycles. The summed E-state index contributed by atoms with van der Waals surface area (Å²) in [6.07, 6.45) is 5.65. The topological polar surface area (TPSA) is 46.9 Å². The molecular formula is C21H19N3O. The standard InChI is InChI=1S/C21H19N3O/c1-15-19-6-3-2-5-17(19)13-20(15)21(25)22-14-16-7-9-18(10-8-16)24-12-4-11-23-24/h2-13,15H,14H2,1H3,(H,22,25). The van der Waals surface area contributed by atoms with Crippen LogP contribution in [0.15, 0.2) is 72.6 Å². The third-order valence-corrected chi connectivity index (χ3v) is 4.66. The van der Waals surface area contributed by atoms with Crippen LogP contribution in [0.1, 0.15) is 29.5 Å². The first-order chi connectivity index (χ1) is 12.2. The number of fused-ring (bicyclic) bond motifs is 1. The van der Waals surface area contributed by atoms with Crippen molar-refractivity contribution in [1.82, 2.24) is 15.1 Å². The summed E-state index contributed by atoms with van der Waals surface area (Å²) in [5.41, 5.74) is 5.25. The van der Waals surface area contributed by atoms with Crippen molar-refractivity contribution in [3.63, 3.8) is 0 Å². The molecule has 0 spiro atoms. The van der Waals surface area contributed by atoms with Gasteiger partial charge in [0.2, 0.25) is 5.91 Å². The molecule has 1 amide bonds. The number of hydrogen-bond donors (Lipinski definition) is 1. The van der Waals surface area contributed by atoms with Gasteiger partial charge in [-0.2, -0.15) is 5.10 Å². The Morgan fingerprint density at radius 1 is 1.12 bits per heavy atom. The zero-order valence-electron chi connectivity index (χ0n) is 14.0. The van der Waals surface area contributed by atoms with E-state index in [9.17, 15) is 4.79 Å². The van der Waals surface area contributed by atoms with Gasteiger partial charge in [0.25, 0.3) is 0 Å². The summed E-state index contributed by atoms with van der Waals surface area (Å²) in [6.45, 7) is 2.59. The van der Waals surface area contributed by atoms with Crippen LogP contribution >= 0.6 is 0 Å². The second-order valence-electron chi connectivity index (χ2n) is 6.25. The molecular weight excluding hydrogens is 310 g/mol. The van der Waals surface area contributed by atoms with Crippen molar-refractivity contribution in [2.45, 2.75) is 19.4 Å². The average Bonchev–Trinajstić information content (AvgIpc) is 3.29. The van der Waals surface area contributed by atoms with Gasteiger partial charge < -0.3 is 5.32 Å². The molecule has 4 heteroatoms. The molecule has 1 aliphatic rings. The van der Waals surface area contributed by atoms with E-state index in [1.165, 1.54) is 5.56 Å². The molecule has 1 N–H and O–H groups in total.